The van der Waals surface area contributed by atoms with Crippen molar-refractivity contribution in [3.63, 3.8) is 0 Å². The molecule has 0 unspecified atom stereocenters. The topological polar surface area (TPSA) is 122 Å². The molecule has 0 bridgehead atoms. The normalized spacial score (nSPS) is 29.4. The number of nitro benzene ring substituents is 1. The van der Waals surface area contributed by atoms with Gasteiger partial charge in [-0.1, -0.05) is 17.7 Å². The fourth-order valence-electron chi connectivity index (χ4n) is 6.52. The van der Waals surface area contributed by atoms with E-state index in [4.69, 9.17) is 4.74 Å². The van der Waals surface area contributed by atoms with Gasteiger partial charge in [-0.3, -0.25) is 29.4 Å². The minimum absolute atomic E-state index is 0.0312. The number of hydrogen-bond acceptors (Lipinski definition) is 7. The van der Waals surface area contributed by atoms with E-state index in [1.54, 1.807) is 0 Å². The fraction of sp³-hybridized carbons (Fsp3) is 0.375. The predicted molar refractivity (Wildman–Crippen MR) is 120 cm³/mol. The Morgan fingerprint density at radius 3 is 2.68 bits per heavy atom. The Bertz CT molecular complexity index is 1310. The second-order valence-electron chi connectivity index (χ2n) is 9.30. The van der Waals surface area contributed by atoms with E-state index >= 15 is 0 Å². The van der Waals surface area contributed by atoms with Crippen LogP contribution in [0.5, 0.6) is 5.75 Å². The number of nitrogens with one attached hydrogen (secondary N) is 1. The number of nitro groups is 1. The molecule has 6 rings (SSSR count). The average Bonchev–Trinajstić information content (AvgIpc) is 3.52. The van der Waals surface area contributed by atoms with Gasteiger partial charge in [-0.15, -0.1) is 0 Å². The number of non-ortho nitro benzene ring substituents is 1. The highest BCUT2D eigenvalue weighted by atomic mass is 16.6. The number of anilines is 2. The summed E-state index contributed by atoms with van der Waals surface area (Å²) in [4.78, 5) is 55.4. The van der Waals surface area contributed by atoms with Crippen molar-refractivity contribution >= 4 is 34.8 Å². The van der Waals surface area contributed by atoms with Crippen LogP contribution in [-0.2, 0) is 19.9 Å². The lowest BCUT2D eigenvalue weighted by Gasteiger charge is -2.36. The monoisotopic (exact) mass is 462 g/mol. The second kappa shape index (κ2) is 6.86. The van der Waals surface area contributed by atoms with Gasteiger partial charge < -0.3 is 10.1 Å². The molecule has 4 aliphatic heterocycles. The Labute approximate surface area is 194 Å². The molecule has 10 nitrogen and oxygen atoms in total. The summed E-state index contributed by atoms with van der Waals surface area (Å²) in [7, 11) is 1.38. The van der Waals surface area contributed by atoms with E-state index in [0.29, 0.717) is 24.2 Å². The van der Waals surface area contributed by atoms with Gasteiger partial charge in [0.2, 0.25) is 17.7 Å². The molecular weight excluding hydrogens is 440 g/mol. The third kappa shape index (κ3) is 2.35. The maximum absolute atomic E-state index is 14.1. The smallest absolute Gasteiger partial charge is 0.271 e. The van der Waals surface area contributed by atoms with Crippen LogP contribution in [-0.4, -0.2) is 47.2 Å². The van der Waals surface area contributed by atoms with Gasteiger partial charge in [0.05, 0.1) is 23.9 Å². The number of benzene rings is 2. The SMILES string of the molecule is COc1ccc([N+](=O)[O-])cc1N1C(=O)[C@@H]2[C@H]3CCCN3[C@]3(C(=O)Nc4ccc(C)cc43)[C@H]2C1=O. The Balaban J connectivity index is 1.56. The summed E-state index contributed by atoms with van der Waals surface area (Å²) in [5.74, 6) is -2.77. The lowest BCUT2D eigenvalue weighted by molar-refractivity contribution is -0.384. The molecular formula is C24H22N4O6. The van der Waals surface area contributed by atoms with Crippen LogP contribution < -0.4 is 15.0 Å². The Hall–Kier alpha value is -3.79. The van der Waals surface area contributed by atoms with Gasteiger partial charge in [0, 0.05) is 29.4 Å². The van der Waals surface area contributed by atoms with Crippen molar-refractivity contribution in [1.82, 2.24) is 4.90 Å². The van der Waals surface area contributed by atoms with Gasteiger partial charge in [-0.05, 0) is 38.4 Å². The number of nitrogens with zero attached hydrogens (tertiary/aromatic N) is 3. The summed E-state index contributed by atoms with van der Waals surface area (Å²) >= 11 is 0. The quantitative estimate of drug-likeness (QED) is 0.422. The second-order valence-corrected chi connectivity index (χ2v) is 9.30. The van der Waals surface area contributed by atoms with Crippen molar-refractivity contribution < 1.29 is 24.0 Å². The van der Waals surface area contributed by atoms with Crippen LogP contribution in [0.1, 0.15) is 24.0 Å². The number of ether oxygens (including phenoxy) is 1. The molecule has 3 fully saturated rings. The average molecular weight is 462 g/mol. The lowest BCUT2D eigenvalue weighted by Crippen LogP contribution is -2.54. The van der Waals surface area contributed by atoms with E-state index in [1.807, 2.05) is 30.0 Å². The van der Waals surface area contributed by atoms with Crippen molar-refractivity contribution in [3.05, 3.63) is 57.6 Å². The molecule has 4 atom stereocenters. The molecule has 0 saturated carbocycles. The maximum Gasteiger partial charge on any atom is 0.271 e. The number of rotatable bonds is 3. The molecule has 1 N–H and O–H groups in total. The van der Waals surface area contributed by atoms with Gasteiger partial charge in [-0.2, -0.15) is 0 Å². The summed E-state index contributed by atoms with van der Waals surface area (Å²) in [6, 6.07) is 9.19. The molecule has 34 heavy (non-hydrogen) atoms. The first-order valence-corrected chi connectivity index (χ1v) is 11.2. The third-order valence-electron chi connectivity index (χ3n) is 7.76. The van der Waals surface area contributed by atoms with Crippen molar-refractivity contribution in [2.75, 3.05) is 23.9 Å². The number of carbonyl (C=O) groups is 3. The van der Waals surface area contributed by atoms with Crippen LogP contribution in [0, 0.1) is 28.9 Å². The number of aryl methyl sites for hydroxylation is 1. The molecule has 0 aromatic heterocycles. The van der Waals surface area contributed by atoms with E-state index in [1.165, 1.54) is 25.3 Å². The minimum Gasteiger partial charge on any atom is -0.495 e. The van der Waals surface area contributed by atoms with E-state index in [2.05, 4.69) is 5.32 Å². The van der Waals surface area contributed by atoms with Gasteiger partial charge in [0.25, 0.3) is 5.69 Å². The zero-order valence-electron chi connectivity index (χ0n) is 18.6. The van der Waals surface area contributed by atoms with Crippen molar-refractivity contribution in [3.8, 4) is 5.75 Å². The third-order valence-corrected chi connectivity index (χ3v) is 7.76. The first-order chi connectivity index (χ1) is 16.3. The lowest BCUT2D eigenvalue weighted by atomic mass is 9.75. The predicted octanol–water partition coefficient (Wildman–Crippen LogP) is 2.34. The van der Waals surface area contributed by atoms with E-state index in [-0.39, 0.29) is 29.1 Å². The first-order valence-electron chi connectivity index (χ1n) is 11.2. The number of amides is 3. The standard InChI is InChI=1S/C24H22N4O6/c1-12-5-7-15-14(10-12)24(23(31)25-15)20-19(16-4-3-9-26(16)24)21(29)27(22(20)30)17-11-13(28(32)33)6-8-18(17)34-2/h5-8,10-11,16,19-20H,3-4,9H2,1-2H3,(H,25,31)/t16-,19-,20-,24+/m1/s1. The number of methoxy groups -OCH3 is 1. The molecule has 0 aliphatic carbocycles. The fourth-order valence-corrected chi connectivity index (χ4v) is 6.52. The number of carbonyl (C=O) groups excluding carboxylic acids is 3. The zero-order chi connectivity index (χ0) is 23.9. The van der Waals surface area contributed by atoms with Gasteiger partial charge in [0.1, 0.15) is 17.0 Å². The van der Waals surface area contributed by atoms with Crippen molar-refractivity contribution in [1.29, 1.82) is 0 Å². The van der Waals surface area contributed by atoms with Crippen molar-refractivity contribution in [2.24, 2.45) is 11.8 Å². The molecule has 4 aliphatic rings. The molecule has 174 valence electrons. The molecule has 10 heteroatoms. The minimum atomic E-state index is -1.29. The van der Waals surface area contributed by atoms with Crippen molar-refractivity contribution in [2.45, 2.75) is 31.3 Å². The van der Waals surface area contributed by atoms with E-state index < -0.39 is 34.1 Å². The van der Waals surface area contributed by atoms with Crippen LogP contribution in [0.3, 0.4) is 0 Å². The largest absolute Gasteiger partial charge is 0.495 e. The Morgan fingerprint density at radius 2 is 1.94 bits per heavy atom. The van der Waals surface area contributed by atoms with Gasteiger partial charge in [-0.25, -0.2) is 4.90 Å². The highest BCUT2D eigenvalue weighted by Crippen LogP contribution is 2.61. The molecule has 4 heterocycles. The molecule has 2 aromatic carbocycles. The maximum atomic E-state index is 14.1. The molecule has 2 aromatic rings. The number of fused-ring (bicyclic) bond motifs is 7. The Morgan fingerprint density at radius 1 is 1.15 bits per heavy atom. The summed E-state index contributed by atoms with van der Waals surface area (Å²) in [5, 5.41) is 14.4. The summed E-state index contributed by atoms with van der Waals surface area (Å²) in [6.07, 6.45) is 1.50. The first kappa shape index (κ1) is 20.8. The number of imide groups is 1. The van der Waals surface area contributed by atoms with Gasteiger partial charge in [0.15, 0.2) is 0 Å². The highest BCUT2D eigenvalue weighted by Gasteiger charge is 2.74. The van der Waals surface area contributed by atoms with Crippen LogP contribution in [0.15, 0.2) is 36.4 Å². The number of hydrogen-bond donors (Lipinski definition) is 1. The van der Waals surface area contributed by atoms with E-state index in [9.17, 15) is 24.5 Å². The highest BCUT2D eigenvalue weighted by molar-refractivity contribution is 6.26. The molecule has 0 radical (unpaired) electrons. The summed E-state index contributed by atoms with van der Waals surface area (Å²) in [5.41, 5.74) is 0.791. The zero-order valence-corrected chi connectivity index (χ0v) is 18.6. The summed E-state index contributed by atoms with van der Waals surface area (Å²) < 4.78 is 5.35. The van der Waals surface area contributed by atoms with Crippen LogP contribution in [0.25, 0.3) is 0 Å². The van der Waals surface area contributed by atoms with Crippen LogP contribution >= 0.6 is 0 Å². The Kier molecular flexibility index (Phi) is 4.20. The molecule has 3 saturated heterocycles. The molecule has 3 amide bonds. The van der Waals surface area contributed by atoms with Crippen LogP contribution in [0.2, 0.25) is 0 Å². The van der Waals surface area contributed by atoms with Crippen LogP contribution in [0.4, 0.5) is 17.1 Å². The van der Waals surface area contributed by atoms with E-state index in [0.717, 1.165) is 16.9 Å². The molecule has 1 spiro atoms. The van der Waals surface area contributed by atoms with Gasteiger partial charge >= 0.3 is 0 Å². The summed E-state index contributed by atoms with van der Waals surface area (Å²) in [6.45, 7) is 2.53.